The number of anilines is 1. The van der Waals surface area contributed by atoms with Gasteiger partial charge in [-0.25, -0.2) is 0 Å². The highest BCUT2D eigenvalue weighted by molar-refractivity contribution is 7.80. The van der Waals surface area contributed by atoms with Gasteiger partial charge in [-0.2, -0.15) is 0 Å². The van der Waals surface area contributed by atoms with Crippen LogP contribution in [0.25, 0.3) is 10.9 Å². The van der Waals surface area contributed by atoms with Gasteiger partial charge in [-0.05, 0) is 63.3 Å². The SMILES string of the molecule is COc1ccc(NC(=S)N[C@H]2CC(C)(C)Oc3ccc(C)cc32)c2cccnc12. The lowest BCUT2D eigenvalue weighted by molar-refractivity contribution is 0.0696. The van der Waals surface area contributed by atoms with Gasteiger partial charge in [0.05, 0.1) is 13.2 Å². The number of methoxy groups -OCH3 is 1. The quantitative estimate of drug-likeness (QED) is 0.586. The Balaban J connectivity index is 1.60. The number of benzene rings is 2. The number of aryl methyl sites for hydroxylation is 1. The van der Waals surface area contributed by atoms with E-state index in [0.717, 1.165) is 40.1 Å². The summed E-state index contributed by atoms with van der Waals surface area (Å²) in [6.45, 7) is 6.29. The van der Waals surface area contributed by atoms with Crippen molar-refractivity contribution in [3.63, 3.8) is 0 Å². The average Bonchev–Trinajstić information content (AvgIpc) is 2.68. The molecule has 0 saturated heterocycles. The van der Waals surface area contributed by atoms with E-state index < -0.39 is 0 Å². The van der Waals surface area contributed by atoms with Crippen LogP contribution in [-0.4, -0.2) is 22.8 Å². The number of ether oxygens (including phenoxy) is 2. The van der Waals surface area contributed by atoms with Crippen LogP contribution in [0.1, 0.15) is 37.4 Å². The minimum atomic E-state index is -0.272. The molecule has 0 spiro atoms. The van der Waals surface area contributed by atoms with Crippen molar-refractivity contribution in [1.29, 1.82) is 0 Å². The molecular weight excluding hydrogens is 382 g/mol. The Labute approximate surface area is 176 Å². The number of hydrogen-bond donors (Lipinski definition) is 2. The van der Waals surface area contributed by atoms with Crippen LogP contribution in [0.5, 0.6) is 11.5 Å². The molecule has 3 aromatic rings. The Morgan fingerprint density at radius 2 is 2.07 bits per heavy atom. The number of nitrogens with zero attached hydrogens (tertiary/aromatic N) is 1. The Bertz CT molecular complexity index is 1080. The normalized spacial score (nSPS) is 17.2. The monoisotopic (exact) mass is 407 g/mol. The predicted molar refractivity (Wildman–Crippen MR) is 121 cm³/mol. The van der Waals surface area contributed by atoms with Crippen LogP contribution in [-0.2, 0) is 0 Å². The molecule has 2 heterocycles. The summed E-state index contributed by atoms with van der Waals surface area (Å²) in [5.74, 6) is 1.65. The predicted octanol–water partition coefficient (Wildman–Crippen LogP) is 5.14. The van der Waals surface area contributed by atoms with Crippen molar-refractivity contribution >= 4 is 33.9 Å². The second-order valence-electron chi connectivity index (χ2n) is 7.97. The molecule has 29 heavy (non-hydrogen) atoms. The lowest BCUT2D eigenvalue weighted by Crippen LogP contribution is -2.42. The summed E-state index contributed by atoms with van der Waals surface area (Å²) in [5, 5.41) is 8.35. The van der Waals surface area contributed by atoms with Gasteiger partial charge in [-0.3, -0.25) is 4.98 Å². The molecule has 0 saturated carbocycles. The second kappa shape index (κ2) is 7.52. The summed E-state index contributed by atoms with van der Waals surface area (Å²) < 4.78 is 11.6. The highest BCUT2D eigenvalue weighted by Gasteiger charge is 2.34. The average molecular weight is 408 g/mol. The second-order valence-corrected chi connectivity index (χ2v) is 8.38. The summed E-state index contributed by atoms with van der Waals surface area (Å²) in [4.78, 5) is 4.45. The fraction of sp³-hybridized carbons (Fsp3) is 0.304. The zero-order valence-corrected chi connectivity index (χ0v) is 17.9. The standard InChI is InChI=1S/C23H25N3O2S/c1-14-7-9-19-16(12-14)18(13-23(2,3)28-19)26-22(29)25-17-8-10-20(27-4)21-15(17)6-5-11-24-21/h5-12,18H,13H2,1-4H3,(H2,25,26,29)/t18-/m0/s1. The summed E-state index contributed by atoms with van der Waals surface area (Å²) >= 11 is 5.66. The minimum absolute atomic E-state index is 0.0660. The minimum Gasteiger partial charge on any atom is -0.494 e. The largest absolute Gasteiger partial charge is 0.494 e. The first kappa shape index (κ1) is 19.5. The summed E-state index contributed by atoms with van der Waals surface area (Å²) in [6.07, 6.45) is 2.57. The molecule has 1 aromatic heterocycles. The number of fused-ring (bicyclic) bond motifs is 2. The van der Waals surface area contributed by atoms with Crippen molar-refractivity contribution in [1.82, 2.24) is 10.3 Å². The van der Waals surface area contributed by atoms with E-state index in [1.807, 2.05) is 30.3 Å². The molecule has 6 heteroatoms. The number of hydrogen-bond acceptors (Lipinski definition) is 4. The van der Waals surface area contributed by atoms with Gasteiger partial charge in [0.2, 0.25) is 0 Å². The van der Waals surface area contributed by atoms with Crippen LogP contribution in [0, 0.1) is 6.92 Å². The van der Waals surface area contributed by atoms with Crippen LogP contribution in [0.15, 0.2) is 48.7 Å². The van der Waals surface area contributed by atoms with Crippen molar-refractivity contribution in [3.05, 3.63) is 59.8 Å². The highest BCUT2D eigenvalue weighted by atomic mass is 32.1. The molecule has 0 fully saturated rings. The van der Waals surface area contributed by atoms with Gasteiger partial charge in [-0.1, -0.05) is 17.7 Å². The van der Waals surface area contributed by atoms with E-state index in [4.69, 9.17) is 21.7 Å². The van der Waals surface area contributed by atoms with E-state index in [1.54, 1.807) is 13.3 Å². The molecule has 0 aliphatic carbocycles. The Kier molecular flexibility index (Phi) is 5.04. The molecule has 2 aromatic carbocycles. The topological polar surface area (TPSA) is 55.4 Å². The van der Waals surface area contributed by atoms with Crippen LogP contribution in [0.2, 0.25) is 0 Å². The van der Waals surface area contributed by atoms with Crippen LogP contribution >= 0.6 is 12.2 Å². The Morgan fingerprint density at radius 3 is 2.86 bits per heavy atom. The molecule has 0 amide bonds. The first-order valence-electron chi connectivity index (χ1n) is 9.65. The molecule has 5 nitrogen and oxygen atoms in total. The van der Waals surface area contributed by atoms with E-state index in [2.05, 4.69) is 48.5 Å². The van der Waals surface area contributed by atoms with Crippen molar-refractivity contribution in [2.45, 2.75) is 38.8 Å². The zero-order chi connectivity index (χ0) is 20.6. The smallest absolute Gasteiger partial charge is 0.171 e. The number of aromatic nitrogens is 1. The third kappa shape index (κ3) is 3.98. The molecule has 1 atom stereocenters. The molecule has 150 valence electrons. The van der Waals surface area contributed by atoms with Gasteiger partial charge in [0.15, 0.2) is 5.11 Å². The van der Waals surface area contributed by atoms with Gasteiger partial charge in [0.25, 0.3) is 0 Å². The van der Waals surface area contributed by atoms with Crippen molar-refractivity contribution in [2.24, 2.45) is 0 Å². The van der Waals surface area contributed by atoms with Crippen LogP contribution in [0.3, 0.4) is 0 Å². The number of rotatable bonds is 3. The zero-order valence-electron chi connectivity index (χ0n) is 17.1. The van der Waals surface area contributed by atoms with Crippen LogP contribution in [0.4, 0.5) is 5.69 Å². The first-order valence-corrected chi connectivity index (χ1v) is 10.1. The fourth-order valence-electron chi connectivity index (χ4n) is 3.84. The maximum Gasteiger partial charge on any atom is 0.171 e. The molecular formula is C23H25N3O2S. The van der Waals surface area contributed by atoms with E-state index in [-0.39, 0.29) is 11.6 Å². The van der Waals surface area contributed by atoms with Crippen molar-refractivity contribution in [2.75, 3.05) is 12.4 Å². The third-order valence-electron chi connectivity index (χ3n) is 5.13. The Morgan fingerprint density at radius 1 is 1.24 bits per heavy atom. The van der Waals surface area contributed by atoms with E-state index in [0.29, 0.717) is 5.11 Å². The van der Waals surface area contributed by atoms with E-state index in [1.165, 1.54) is 5.56 Å². The summed E-state index contributed by atoms with van der Waals surface area (Å²) in [7, 11) is 1.65. The van der Waals surface area contributed by atoms with Crippen LogP contribution < -0.4 is 20.1 Å². The summed E-state index contributed by atoms with van der Waals surface area (Å²) in [6, 6.07) is 14.1. The van der Waals surface area contributed by atoms with Crippen molar-refractivity contribution < 1.29 is 9.47 Å². The molecule has 1 aliphatic rings. The van der Waals surface area contributed by atoms with Gasteiger partial charge in [-0.15, -0.1) is 0 Å². The summed E-state index contributed by atoms with van der Waals surface area (Å²) in [5.41, 5.74) is 3.75. The molecule has 1 aliphatic heterocycles. The molecule has 4 rings (SSSR count). The molecule has 0 radical (unpaired) electrons. The van der Waals surface area contributed by atoms with E-state index >= 15 is 0 Å². The Hall–Kier alpha value is -2.86. The van der Waals surface area contributed by atoms with Gasteiger partial charge >= 0.3 is 0 Å². The molecule has 0 bridgehead atoms. The third-order valence-corrected chi connectivity index (χ3v) is 5.35. The van der Waals surface area contributed by atoms with E-state index in [9.17, 15) is 0 Å². The van der Waals surface area contributed by atoms with Gasteiger partial charge in [0.1, 0.15) is 22.6 Å². The number of nitrogens with one attached hydrogen (secondary N) is 2. The van der Waals surface area contributed by atoms with Gasteiger partial charge in [0, 0.05) is 29.3 Å². The fourth-order valence-corrected chi connectivity index (χ4v) is 4.09. The van der Waals surface area contributed by atoms with Gasteiger partial charge < -0.3 is 20.1 Å². The lowest BCUT2D eigenvalue weighted by Gasteiger charge is -2.38. The highest BCUT2D eigenvalue weighted by Crippen LogP contribution is 2.40. The number of pyridine rings is 1. The maximum atomic E-state index is 6.16. The lowest BCUT2D eigenvalue weighted by atomic mass is 9.89. The molecule has 2 N–H and O–H groups in total. The molecule has 0 unspecified atom stereocenters. The number of thiocarbonyl (C=S) groups is 1. The van der Waals surface area contributed by atoms with Crippen molar-refractivity contribution in [3.8, 4) is 11.5 Å². The first-order chi connectivity index (χ1) is 13.9. The maximum absolute atomic E-state index is 6.16.